The molecule has 0 saturated heterocycles. The number of hydrogen-bond donors (Lipinski definition) is 1. The summed E-state index contributed by atoms with van der Waals surface area (Å²) in [5.74, 6) is -0.605. The van der Waals surface area contributed by atoms with Crippen LogP contribution in [0, 0.1) is 0 Å². The number of rotatable bonds is 7. The minimum atomic E-state index is -0.903. The van der Waals surface area contributed by atoms with Crippen molar-refractivity contribution in [1.82, 2.24) is 0 Å². The zero-order valence-corrected chi connectivity index (χ0v) is 16.1. The number of methoxy groups -OCH3 is 1. The van der Waals surface area contributed by atoms with E-state index >= 15 is 0 Å². The zero-order chi connectivity index (χ0) is 20.1. The molecule has 3 aromatic rings. The van der Waals surface area contributed by atoms with Gasteiger partial charge in [-0.15, -0.1) is 0 Å². The first-order chi connectivity index (χ1) is 13.5. The number of amides is 1. The molecule has 144 valence electrons. The Labute approximate surface area is 168 Å². The quantitative estimate of drug-likeness (QED) is 0.608. The van der Waals surface area contributed by atoms with E-state index in [1.165, 1.54) is 7.11 Å². The normalized spacial score (nSPS) is 10.6. The summed E-state index contributed by atoms with van der Waals surface area (Å²) in [6.45, 7) is 0.238. The molecule has 0 atom stereocenters. The highest BCUT2D eigenvalue weighted by Gasteiger charge is 2.23. The largest absolute Gasteiger partial charge is 0.495 e. The van der Waals surface area contributed by atoms with E-state index in [0.29, 0.717) is 28.4 Å². The maximum Gasteiger partial charge on any atom is 0.303 e. The predicted molar refractivity (Wildman–Crippen MR) is 110 cm³/mol. The summed E-state index contributed by atoms with van der Waals surface area (Å²) in [7, 11) is 1.54. The third kappa shape index (κ3) is 4.10. The summed E-state index contributed by atoms with van der Waals surface area (Å²) in [4.78, 5) is 25.9. The number of carbonyl (C=O) groups is 2. The number of carboxylic acid groups (broad SMARTS) is 1. The lowest BCUT2D eigenvalue weighted by Crippen LogP contribution is -2.32. The first-order valence-electron chi connectivity index (χ1n) is 8.87. The van der Waals surface area contributed by atoms with Gasteiger partial charge in [-0.2, -0.15) is 0 Å². The number of carbonyl (C=O) groups excluding carboxylic acids is 1. The molecule has 5 nitrogen and oxygen atoms in total. The first-order valence-corrected chi connectivity index (χ1v) is 9.24. The molecule has 0 aliphatic heterocycles. The van der Waals surface area contributed by atoms with Crippen molar-refractivity contribution in [3.8, 4) is 5.75 Å². The number of nitrogens with zero attached hydrogens (tertiary/aromatic N) is 1. The summed E-state index contributed by atoms with van der Waals surface area (Å²) in [5.41, 5.74) is 1.10. The van der Waals surface area contributed by atoms with Crippen LogP contribution in [0.25, 0.3) is 10.8 Å². The topological polar surface area (TPSA) is 66.8 Å². The fraction of sp³-hybridized carbons (Fsp3) is 0.182. The monoisotopic (exact) mass is 397 g/mol. The van der Waals surface area contributed by atoms with E-state index in [0.717, 1.165) is 10.8 Å². The molecule has 1 amide bonds. The molecule has 28 heavy (non-hydrogen) atoms. The smallest absolute Gasteiger partial charge is 0.303 e. The van der Waals surface area contributed by atoms with Gasteiger partial charge < -0.3 is 14.7 Å². The molecule has 0 saturated carbocycles. The molecule has 0 aliphatic carbocycles. The van der Waals surface area contributed by atoms with Gasteiger partial charge in [0.25, 0.3) is 5.91 Å². The van der Waals surface area contributed by atoms with E-state index in [4.69, 9.17) is 21.4 Å². The SMILES string of the molecule is COc1ccc2c(Cl)cccc2c1N(CCCC(=O)O)C(=O)c1ccccc1. The standard InChI is InChI=1S/C22H20ClNO4/c1-28-19-13-12-16-17(9-5-10-18(16)23)21(19)24(14-6-11-20(25)26)22(27)15-7-3-2-4-8-15/h2-5,7-10,12-13H,6,11,14H2,1H3,(H,25,26). The highest BCUT2D eigenvalue weighted by molar-refractivity contribution is 6.36. The molecule has 0 spiro atoms. The molecule has 0 aliphatic rings. The fourth-order valence-corrected chi connectivity index (χ4v) is 3.40. The van der Waals surface area contributed by atoms with E-state index in [-0.39, 0.29) is 18.9 Å². The number of hydrogen-bond acceptors (Lipinski definition) is 3. The molecule has 0 unspecified atom stereocenters. The highest BCUT2D eigenvalue weighted by Crippen LogP contribution is 2.39. The first kappa shape index (κ1) is 19.7. The van der Waals surface area contributed by atoms with E-state index in [1.54, 1.807) is 41.3 Å². The number of carboxylic acids is 1. The summed E-state index contributed by atoms with van der Waals surface area (Å²) in [6.07, 6.45) is 0.278. The van der Waals surface area contributed by atoms with Crippen LogP contribution >= 0.6 is 11.6 Å². The number of halogens is 1. The Hall–Kier alpha value is -3.05. The molecule has 6 heteroatoms. The minimum absolute atomic E-state index is 0.0353. The molecule has 1 N–H and O–H groups in total. The Morgan fingerprint density at radius 1 is 1.00 bits per heavy atom. The van der Waals surface area contributed by atoms with Crippen LogP contribution < -0.4 is 9.64 Å². The van der Waals surface area contributed by atoms with Crippen LogP contribution in [0.1, 0.15) is 23.2 Å². The van der Waals surface area contributed by atoms with E-state index in [9.17, 15) is 9.59 Å². The average molecular weight is 398 g/mol. The van der Waals surface area contributed by atoms with Crippen molar-refractivity contribution >= 4 is 39.9 Å². The predicted octanol–water partition coefficient (Wildman–Crippen LogP) is 5.01. The van der Waals surface area contributed by atoms with Crippen LogP contribution in [0.5, 0.6) is 5.75 Å². The Balaban J connectivity index is 2.15. The van der Waals surface area contributed by atoms with Gasteiger partial charge in [0.1, 0.15) is 5.75 Å². The van der Waals surface area contributed by atoms with Crippen molar-refractivity contribution in [3.05, 3.63) is 71.2 Å². The van der Waals surface area contributed by atoms with Gasteiger partial charge in [0.15, 0.2) is 0 Å². The minimum Gasteiger partial charge on any atom is -0.495 e. The van der Waals surface area contributed by atoms with Gasteiger partial charge in [0.05, 0.1) is 12.8 Å². The van der Waals surface area contributed by atoms with E-state index < -0.39 is 5.97 Å². The highest BCUT2D eigenvalue weighted by atomic mass is 35.5. The van der Waals surface area contributed by atoms with Crippen molar-refractivity contribution < 1.29 is 19.4 Å². The summed E-state index contributed by atoms with van der Waals surface area (Å²) < 4.78 is 5.53. The van der Waals surface area contributed by atoms with Gasteiger partial charge >= 0.3 is 5.97 Å². The Morgan fingerprint density at radius 2 is 1.75 bits per heavy atom. The number of benzene rings is 3. The van der Waals surface area contributed by atoms with Crippen LogP contribution in [-0.4, -0.2) is 30.6 Å². The Morgan fingerprint density at radius 3 is 2.43 bits per heavy atom. The zero-order valence-electron chi connectivity index (χ0n) is 15.4. The number of ether oxygens (including phenoxy) is 1. The number of aliphatic carboxylic acids is 1. The fourth-order valence-electron chi connectivity index (χ4n) is 3.17. The number of fused-ring (bicyclic) bond motifs is 1. The molecule has 3 aromatic carbocycles. The van der Waals surface area contributed by atoms with Crippen molar-refractivity contribution in [1.29, 1.82) is 0 Å². The van der Waals surface area contributed by atoms with Gasteiger partial charge in [0, 0.05) is 34.3 Å². The van der Waals surface area contributed by atoms with Crippen LogP contribution in [0.15, 0.2) is 60.7 Å². The van der Waals surface area contributed by atoms with Crippen molar-refractivity contribution in [2.45, 2.75) is 12.8 Å². The molecule has 0 heterocycles. The second-order valence-corrected chi connectivity index (χ2v) is 6.68. The van der Waals surface area contributed by atoms with Gasteiger partial charge in [-0.1, -0.05) is 41.9 Å². The molecule has 0 bridgehead atoms. The van der Waals surface area contributed by atoms with Gasteiger partial charge in [-0.3, -0.25) is 9.59 Å². The van der Waals surface area contributed by atoms with Crippen molar-refractivity contribution in [2.24, 2.45) is 0 Å². The van der Waals surface area contributed by atoms with Gasteiger partial charge in [0.2, 0.25) is 0 Å². The maximum atomic E-state index is 13.3. The van der Waals surface area contributed by atoms with Crippen LogP contribution in [0.3, 0.4) is 0 Å². The second-order valence-electron chi connectivity index (χ2n) is 6.27. The van der Waals surface area contributed by atoms with E-state index in [1.807, 2.05) is 24.3 Å². The van der Waals surface area contributed by atoms with Crippen LogP contribution in [0.2, 0.25) is 5.02 Å². The third-order valence-corrected chi connectivity index (χ3v) is 4.80. The molecule has 0 aromatic heterocycles. The summed E-state index contributed by atoms with van der Waals surface area (Å²) in [6, 6.07) is 18.0. The third-order valence-electron chi connectivity index (χ3n) is 4.47. The lowest BCUT2D eigenvalue weighted by Gasteiger charge is -2.26. The Kier molecular flexibility index (Phi) is 6.16. The molecule has 3 rings (SSSR count). The summed E-state index contributed by atoms with van der Waals surface area (Å²) >= 11 is 6.35. The molecule has 0 fully saturated rings. The van der Waals surface area contributed by atoms with Crippen LogP contribution in [0.4, 0.5) is 5.69 Å². The lowest BCUT2D eigenvalue weighted by molar-refractivity contribution is -0.137. The lowest BCUT2D eigenvalue weighted by atomic mass is 10.1. The van der Waals surface area contributed by atoms with Gasteiger partial charge in [-0.25, -0.2) is 0 Å². The average Bonchev–Trinajstić information content (AvgIpc) is 2.71. The van der Waals surface area contributed by atoms with Crippen molar-refractivity contribution in [3.63, 3.8) is 0 Å². The van der Waals surface area contributed by atoms with E-state index in [2.05, 4.69) is 0 Å². The molecular weight excluding hydrogens is 378 g/mol. The van der Waals surface area contributed by atoms with Crippen molar-refractivity contribution in [2.75, 3.05) is 18.6 Å². The maximum absolute atomic E-state index is 13.3. The van der Waals surface area contributed by atoms with Crippen LogP contribution in [-0.2, 0) is 4.79 Å². The summed E-state index contributed by atoms with van der Waals surface area (Å²) in [5, 5.41) is 11.1. The number of anilines is 1. The molecule has 0 radical (unpaired) electrons. The van der Waals surface area contributed by atoms with Gasteiger partial charge in [-0.05, 0) is 36.8 Å². The second kappa shape index (κ2) is 8.76. The molecular formula is C22H20ClNO4. The Bertz CT molecular complexity index is 1000.